The molecular weight excluding hydrogens is 673 g/mol. The fourth-order valence-corrected chi connectivity index (χ4v) is 10.9. The average molecular weight is 713 g/mol. The summed E-state index contributed by atoms with van der Waals surface area (Å²) in [5, 5.41) is 13.2. The third-order valence-electron chi connectivity index (χ3n) is 13.6. The predicted molar refractivity (Wildman–Crippen MR) is 240 cm³/mol. The second-order valence-corrected chi connectivity index (χ2v) is 17.2. The molecule has 0 saturated heterocycles. The van der Waals surface area contributed by atoms with Crippen LogP contribution in [0.2, 0.25) is 0 Å². The molecule has 2 aliphatic carbocycles. The Morgan fingerprint density at radius 2 is 0.607 bits per heavy atom. The number of hydrogen-bond donors (Lipinski definition) is 0. The van der Waals surface area contributed by atoms with Crippen LogP contribution < -0.4 is 0 Å². The fraction of sp³-hybridized carbons (Fsp3) is 0.107. The molecule has 0 amide bonds. The number of fused-ring (bicyclic) bond motifs is 14. The topological polar surface area (TPSA) is 0 Å². The molecule has 0 nitrogen and oxygen atoms in total. The molecule has 0 heterocycles. The van der Waals surface area contributed by atoms with Crippen molar-refractivity contribution in [3.05, 3.63) is 192 Å². The van der Waals surface area contributed by atoms with Crippen LogP contribution in [0.4, 0.5) is 0 Å². The lowest BCUT2D eigenvalue weighted by atomic mass is 9.78. The van der Waals surface area contributed by atoms with Gasteiger partial charge in [0.2, 0.25) is 0 Å². The molecular formula is C56H40. The van der Waals surface area contributed by atoms with E-state index in [2.05, 4.69) is 198 Å². The second kappa shape index (κ2) is 11.1. The van der Waals surface area contributed by atoms with E-state index in [1.165, 1.54) is 121 Å². The third kappa shape index (κ3) is 4.09. The van der Waals surface area contributed by atoms with Gasteiger partial charge in [-0.2, -0.15) is 0 Å². The largest absolute Gasteiger partial charge is 0.0622 e. The smallest absolute Gasteiger partial charge is 0.0159 e. The van der Waals surface area contributed by atoms with Gasteiger partial charge in [-0.25, -0.2) is 0 Å². The highest BCUT2D eigenvalue weighted by Gasteiger charge is 2.42. The first-order chi connectivity index (χ1) is 27.3. The Labute approximate surface area is 327 Å². The molecule has 12 rings (SSSR count). The zero-order valence-electron chi connectivity index (χ0n) is 32.2. The third-order valence-corrected chi connectivity index (χ3v) is 13.6. The number of benzene rings is 10. The standard InChI is InChI=1S/C56H40/c1-55(2)49-28-34(54-42-24-14-12-22-40(42)53(33-16-6-5-7-17-33)41-23-13-15-25-43(41)54)26-27-39(49)47-31-52-48(32-51(47)55)46-29-44-37-20-10-8-18-35(37)36-19-9-11-21-38(36)45(44)30-50(46)56(52,3)4/h5-32H,1-4H3. The molecule has 0 fully saturated rings. The summed E-state index contributed by atoms with van der Waals surface area (Å²) in [7, 11) is 0. The van der Waals surface area contributed by atoms with E-state index in [9.17, 15) is 0 Å². The second-order valence-electron chi connectivity index (χ2n) is 17.2. The molecule has 264 valence electrons. The average Bonchev–Trinajstić information content (AvgIpc) is 3.59. The molecule has 56 heavy (non-hydrogen) atoms. The lowest BCUT2D eigenvalue weighted by molar-refractivity contribution is 0.652. The zero-order chi connectivity index (χ0) is 37.5. The predicted octanol–water partition coefficient (Wildman–Crippen LogP) is 15.4. The molecule has 0 spiro atoms. The van der Waals surface area contributed by atoms with Crippen LogP contribution in [0, 0.1) is 0 Å². The Morgan fingerprint density at radius 3 is 1.12 bits per heavy atom. The normalized spacial score (nSPS) is 14.7. The van der Waals surface area contributed by atoms with Crippen molar-refractivity contribution in [2.75, 3.05) is 0 Å². The van der Waals surface area contributed by atoms with Gasteiger partial charge in [0.15, 0.2) is 0 Å². The summed E-state index contributed by atoms with van der Waals surface area (Å²) in [5.74, 6) is 0. The number of rotatable bonds is 2. The zero-order valence-corrected chi connectivity index (χ0v) is 32.2. The van der Waals surface area contributed by atoms with Crippen LogP contribution in [0.5, 0.6) is 0 Å². The van der Waals surface area contributed by atoms with E-state index in [0.29, 0.717) is 0 Å². The van der Waals surface area contributed by atoms with Crippen molar-refractivity contribution in [2.45, 2.75) is 38.5 Å². The molecule has 0 radical (unpaired) electrons. The molecule has 10 aromatic rings. The minimum atomic E-state index is -0.169. The van der Waals surface area contributed by atoms with Crippen molar-refractivity contribution in [3.8, 4) is 44.5 Å². The molecule has 0 heteroatoms. The van der Waals surface area contributed by atoms with Crippen LogP contribution in [-0.4, -0.2) is 0 Å². The first kappa shape index (κ1) is 31.8. The van der Waals surface area contributed by atoms with Crippen molar-refractivity contribution in [1.82, 2.24) is 0 Å². The molecule has 0 aliphatic heterocycles. The van der Waals surface area contributed by atoms with Gasteiger partial charge in [-0.05, 0) is 151 Å². The fourth-order valence-electron chi connectivity index (χ4n) is 10.9. The van der Waals surface area contributed by atoms with Gasteiger partial charge in [-0.15, -0.1) is 0 Å². The van der Waals surface area contributed by atoms with E-state index in [1.807, 2.05) is 0 Å². The first-order valence-corrected chi connectivity index (χ1v) is 20.0. The maximum Gasteiger partial charge on any atom is 0.0159 e. The molecule has 0 aromatic heterocycles. The highest BCUT2D eigenvalue weighted by Crippen LogP contribution is 2.58. The summed E-state index contributed by atoms with van der Waals surface area (Å²) in [6.07, 6.45) is 0. The summed E-state index contributed by atoms with van der Waals surface area (Å²) in [4.78, 5) is 0. The summed E-state index contributed by atoms with van der Waals surface area (Å²) in [6, 6.07) is 64.2. The van der Waals surface area contributed by atoms with Gasteiger partial charge < -0.3 is 0 Å². The molecule has 0 bridgehead atoms. The molecule has 0 saturated carbocycles. The first-order valence-electron chi connectivity index (χ1n) is 20.0. The van der Waals surface area contributed by atoms with Gasteiger partial charge in [0.25, 0.3) is 0 Å². The van der Waals surface area contributed by atoms with Gasteiger partial charge in [0.05, 0.1) is 0 Å². The summed E-state index contributed by atoms with van der Waals surface area (Å²) in [5.41, 5.74) is 16.0. The molecule has 2 aliphatic rings. The van der Waals surface area contributed by atoms with E-state index < -0.39 is 0 Å². The van der Waals surface area contributed by atoms with Crippen molar-refractivity contribution < 1.29 is 0 Å². The Kier molecular flexibility index (Phi) is 6.28. The Bertz CT molecular complexity index is 3280. The molecule has 0 unspecified atom stereocenters. The monoisotopic (exact) mass is 712 g/mol. The van der Waals surface area contributed by atoms with Gasteiger partial charge in [-0.3, -0.25) is 0 Å². The Hall–Kier alpha value is -6.50. The maximum atomic E-state index is 2.56. The molecule has 0 N–H and O–H groups in total. The van der Waals surface area contributed by atoms with Crippen LogP contribution >= 0.6 is 0 Å². The van der Waals surface area contributed by atoms with Gasteiger partial charge in [0, 0.05) is 10.8 Å². The highest BCUT2D eigenvalue weighted by atomic mass is 14.4. The van der Waals surface area contributed by atoms with E-state index in [1.54, 1.807) is 0 Å². The van der Waals surface area contributed by atoms with Crippen molar-refractivity contribution in [3.63, 3.8) is 0 Å². The van der Waals surface area contributed by atoms with Crippen LogP contribution in [0.1, 0.15) is 49.9 Å². The van der Waals surface area contributed by atoms with Crippen LogP contribution in [-0.2, 0) is 10.8 Å². The highest BCUT2D eigenvalue weighted by molar-refractivity contribution is 6.26. The molecule has 0 atom stereocenters. The van der Waals surface area contributed by atoms with Crippen molar-refractivity contribution >= 4 is 53.9 Å². The SMILES string of the molecule is CC1(C)c2cc(-c3c4ccccc4c(-c4ccccc4)c4ccccc34)ccc2-c2cc3c(cc21)-c1cc2c4ccccc4c4ccccc4c2cc1C3(C)C. The van der Waals surface area contributed by atoms with E-state index in [0.717, 1.165) is 0 Å². The minimum absolute atomic E-state index is 0.133. The number of hydrogen-bond acceptors (Lipinski definition) is 0. The van der Waals surface area contributed by atoms with Crippen LogP contribution in [0.15, 0.2) is 170 Å². The summed E-state index contributed by atoms with van der Waals surface area (Å²) in [6.45, 7) is 9.73. The van der Waals surface area contributed by atoms with Crippen molar-refractivity contribution in [1.29, 1.82) is 0 Å². The van der Waals surface area contributed by atoms with E-state index in [4.69, 9.17) is 0 Å². The Balaban J connectivity index is 1.06. The summed E-state index contributed by atoms with van der Waals surface area (Å²) >= 11 is 0. The van der Waals surface area contributed by atoms with Gasteiger partial charge >= 0.3 is 0 Å². The lowest BCUT2D eigenvalue weighted by Crippen LogP contribution is -2.17. The quantitative estimate of drug-likeness (QED) is 0.124. The Morgan fingerprint density at radius 1 is 0.250 bits per heavy atom. The maximum absolute atomic E-state index is 2.56. The van der Waals surface area contributed by atoms with Crippen LogP contribution in [0.3, 0.4) is 0 Å². The van der Waals surface area contributed by atoms with Gasteiger partial charge in [0.1, 0.15) is 0 Å². The van der Waals surface area contributed by atoms with Gasteiger partial charge in [-0.1, -0.05) is 167 Å². The van der Waals surface area contributed by atoms with E-state index >= 15 is 0 Å². The van der Waals surface area contributed by atoms with Crippen LogP contribution in [0.25, 0.3) is 98.4 Å². The van der Waals surface area contributed by atoms with E-state index in [-0.39, 0.29) is 10.8 Å². The minimum Gasteiger partial charge on any atom is -0.0622 e. The lowest BCUT2D eigenvalue weighted by Gasteiger charge is -2.24. The molecule has 10 aromatic carbocycles. The van der Waals surface area contributed by atoms with Crippen molar-refractivity contribution in [2.24, 2.45) is 0 Å². The summed E-state index contributed by atoms with van der Waals surface area (Å²) < 4.78 is 0.